The Morgan fingerprint density at radius 3 is 2.41 bits per heavy atom. The fourth-order valence-electron chi connectivity index (χ4n) is 2.76. The standard InChI is InChI=1S/C23H22N4O5/c1-16-6-8-18(9-7-16)25-22(28)15-32-23-17(4-3-5-21(23)31-2)14-24-26-19-10-12-20(13-11-19)27(29)30/h3-14,26H,15H2,1-2H3,(H,25,28)/b24-14+. The van der Waals surface area contributed by atoms with Crippen LogP contribution in [0.2, 0.25) is 0 Å². The summed E-state index contributed by atoms with van der Waals surface area (Å²) in [4.78, 5) is 22.6. The molecule has 0 radical (unpaired) electrons. The van der Waals surface area contributed by atoms with Crippen molar-refractivity contribution in [1.82, 2.24) is 0 Å². The molecule has 1 amide bonds. The quantitative estimate of drug-likeness (QED) is 0.293. The van der Waals surface area contributed by atoms with Gasteiger partial charge in [0.1, 0.15) is 0 Å². The van der Waals surface area contributed by atoms with E-state index in [0.717, 1.165) is 5.56 Å². The van der Waals surface area contributed by atoms with Gasteiger partial charge in [-0.25, -0.2) is 0 Å². The number of ether oxygens (including phenoxy) is 2. The summed E-state index contributed by atoms with van der Waals surface area (Å²) in [7, 11) is 1.50. The Morgan fingerprint density at radius 2 is 1.75 bits per heavy atom. The third-order valence-electron chi connectivity index (χ3n) is 4.39. The van der Waals surface area contributed by atoms with Crippen LogP contribution in [0.1, 0.15) is 11.1 Å². The van der Waals surface area contributed by atoms with Gasteiger partial charge < -0.3 is 14.8 Å². The summed E-state index contributed by atoms with van der Waals surface area (Å²) in [6.45, 7) is 1.75. The summed E-state index contributed by atoms with van der Waals surface area (Å²) in [6, 6.07) is 18.6. The van der Waals surface area contributed by atoms with Crippen LogP contribution in [-0.4, -0.2) is 30.8 Å². The van der Waals surface area contributed by atoms with Crippen LogP contribution < -0.4 is 20.2 Å². The first-order chi connectivity index (χ1) is 15.5. The topological polar surface area (TPSA) is 115 Å². The molecule has 0 saturated heterocycles. The van der Waals surface area contributed by atoms with E-state index in [1.807, 2.05) is 31.2 Å². The third kappa shape index (κ3) is 6.05. The smallest absolute Gasteiger partial charge is 0.269 e. The van der Waals surface area contributed by atoms with E-state index in [-0.39, 0.29) is 18.2 Å². The summed E-state index contributed by atoms with van der Waals surface area (Å²) in [5, 5.41) is 17.7. The van der Waals surface area contributed by atoms with Crippen molar-refractivity contribution < 1.29 is 19.2 Å². The molecule has 0 saturated carbocycles. The minimum atomic E-state index is -0.470. The SMILES string of the molecule is COc1cccc(/C=N/Nc2ccc([N+](=O)[O-])cc2)c1OCC(=O)Nc1ccc(C)cc1. The number of anilines is 2. The molecule has 3 rings (SSSR count). The molecule has 0 aliphatic heterocycles. The number of non-ortho nitro benzene ring substituents is 1. The zero-order valence-corrected chi connectivity index (χ0v) is 17.6. The lowest BCUT2D eigenvalue weighted by Gasteiger charge is -2.13. The van der Waals surface area contributed by atoms with Crippen molar-refractivity contribution in [3.05, 3.63) is 88.0 Å². The Bertz CT molecular complexity index is 1110. The van der Waals surface area contributed by atoms with Gasteiger partial charge >= 0.3 is 0 Å². The van der Waals surface area contributed by atoms with E-state index >= 15 is 0 Å². The minimum Gasteiger partial charge on any atom is -0.493 e. The largest absolute Gasteiger partial charge is 0.493 e. The van der Waals surface area contributed by atoms with Gasteiger partial charge in [0.05, 0.1) is 23.9 Å². The van der Waals surface area contributed by atoms with Crippen LogP contribution >= 0.6 is 0 Å². The monoisotopic (exact) mass is 434 g/mol. The zero-order chi connectivity index (χ0) is 22.9. The summed E-state index contributed by atoms with van der Waals surface area (Å²) < 4.78 is 11.1. The number of nitrogens with one attached hydrogen (secondary N) is 2. The van der Waals surface area contributed by atoms with E-state index in [4.69, 9.17) is 9.47 Å². The first-order valence-electron chi connectivity index (χ1n) is 9.66. The lowest BCUT2D eigenvalue weighted by atomic mass is 10.2. The molecule has 0 aliphatic carbocycles. The highest BCUT2D eigenvalue weighted by molar-refractivity contribution is 5.92. The van der Waals surface area contributed by atoms with Crippen molar-refractivity contribution in [3.8, 4) is 11.5 Å². The number of nitrogens with zero attached hydrogens (tertiary/aromatic N) is 2. The number of amides is 1. The Hall–Kier alpha value is -4.40. The van der Waals surface area contributed by atoms with Crippen molar-refractivity contribution in [3.63, 3.8) is 0 Å². The molecule has 0 spiro atoms. The fraction of sp³-hybridized carbons (Fsp3) is 0.130. The van der Waals surface area contributed by atoms with Gasteiger partial charge in [0, 0.05) is 23.4 Å². The maximum atomic E-state index is 12.3. The molecule has 164 valence electrons. The van der Waals surface area contributed by atoms with Gasteiger partial charge in [0.25, 0.3) is 11.6 Å². The number of hydrogen-bond donors (Lipinski definition) is 2. The number of rotatable bonds is 9. The Labute approximate surface area is 184 Å². The number of methoxy groups -OCH3 is 1. The molecule has 0 bridgehead atoms. The fourth-order valence-corrected chi connectivity index (χ4v) is 2.76. The second-order valence-electron chi connectivity index (χ2n) is 6.76. The van der Waals surface area contributed by atoms with Gasteiger partial charge in [0.2, 0.25) is 0 Å². The normalized spacial score (nSPS) is 10.6. The average Bonchev–Trinajstić information content (AvgIpc) is 2.79. The van der Waals surface area contributed by atoms with Crippen molar-refractivity contribution in [2.75, 3.05) is 24.5 Å². The Kier molecular flexibility index (Phi) is 7.37. The number of hydrazone groups is 1. The summed E-state index contributed by atoms with van der Waals surface area (Å²) in [5.41, 5.74) is 5.73. The number of carbonyl (C=O) groups is 1. The second kappa shape index (κ2) is 10.6. The van der Waals surface area contributed by atoms with Crippen molar-refractivity contribution in [2.45, 2.75) is 6.92 Å². The first-order valence-corrected chi connectivity index (χ1v) is 9.66. The van der Waals surface area contributed by atoms with Crippen LogP contribution in [0.4, 0.5) is 17.1 Å². The molecular weight excluding hydrogens is 412 g/mol. The molecule has 0 aliphatic rings. The summed E-state index contributed by atoms with van der Waals surface area (Å²) >= 11 is 0. The second-order valence-corrected chi connectivity index (χ2v) is 6.76. The van der Waals surface area contributed by atoms with Gasteiger partial charge in [-0.15, -0.1) is 0 Å². The molecule has 0 unspecified atom stereocenters. The molecule has 0 atom stereocenters. The number of aryl methyl sites for hydroxylation is 1. The van der Waals surface area contributed by atoms with Crippen LogP contribution in [0.5, 0.6) is 11.5 Å². The third-order valence-corrected chi connectivity index (χ3v) is 4.39. The predicted octanol–water partition coefficient (Wildman–Crippen LogP) is 4.38. The number of nitro groups is 1. The van der Waals surface area contributed by atoms with E-state index in [1.54, 1.807) is 30.3 Å². The lowest BCUT2D eigenvalue weighted by Crippen LogP contribution is -2.20. The molecule has 32 heavy (non-hydrogen) atoms. The number of benzene rings is 3. The van der Waals surface area contributed by atoms with Gasteiger partial charge in [-0.3, -0.25) is 20.3 Å². The molecule has 9 nitrogen and oxygen atoms in total. The van der Waals surface area contributed by atoms with Gasteiger partial charge in [-0.05, 0) is 43.3 Å². The molecule has 0 fully saturated rings. The van der Waals surface area contributed by atoms with Gasteiger partial charge in [-0.1, -0.05) is 23.8 Å². The highest BCUT2D eigenvalue weighted by atomic mass is 16.6. The van der Waals surface area contributed by atoms with E-state index in [0.29, 0.717) is 28.4 Å². The van der Waals surface area contributed by atoms with Crippen molar-refractivity contribution in [2.24, 2.45) is 5.10 Å². The zero-order valence-electron chi connectivity index (χ0n) is 17.6. The first kappa shape index (κ1) is 22.3. The highest BCUT2D eigenvalue weighted by Crippen LogP contribution is 2.30. The molecule has 3 aromatic rings. The van der Waals surface area contributed by atoms with Gasteiger partial charge in [0.15, 0.2) is 18.1 Å². The van der Waals surface area contributed by atoms with Crippen molar-refractivity contribution >= 4 is 29.2 Å². The van der Waals surface area contributed by atoms with E-state index in [1.165, 1.54) is 25.5 Å². The van der Waals surface area contributed by atoms with Crippen molar-refractivity contribution in [1.29, 1.82) is 0 Å². The number of nitro benzene ring substituents is 1. The summed E-state index contributed by atoms with van der Waals surface area (Å²) in [5.74, 6) is 0.502. The lowest BCUT2D eigenvalue weighted by molar-refractivity contribution is -0.384. The predicted molar refractivity (Wildman–Crippen MR) is 123 cm³/mol. The van der Waals surface area contributed by atoms with E-state index in [9.17, 15) is 14.9 Å². The highest BCUT2D eigenvalue weighted by Gasteiger charge is 2.12. The molecule has 2 N–H and O–H groups in total. The maximum absolute atomic E-state index is 12.3. The Morgan fingerprint density at radius 1 is 1.06 bits per heavy atom. The molecular formula is C23H22N4O5. The van der Waals surface area contributed by atoms with Crippen LogP contribution in [0.3, 0.4) is 0 Å². The molecule has 0 aromatic heterocycles. The van der Waals surface area contributed by atoms with Crippen LogP contribution in [0.15, 0.2) is 71.8 Å². The number of carbonyl (C=O) groups excluding carboxylic acids is 1. The van der Waals surface area contributed by atoms with Crippen LogP contribution in [0, 0.1) is 17.0 Å². The van der Waals surface area contributed by atoms with E-state index in [2.05, 4.69) is 15.8 Å². The summed E-state index contributed by atoms with van der Waals surface area (Å²) in [6.07, 6.45) is 1.51. The molecule has 9 heteroatoms. The van der Waals surface area contributed by atoms with Gasteiger partial charge in [-0.2, -0.15) is 5.10 Å². The van der Waals surface area contributed by atoms with Crippen LogP contribution in [0.25, 0.3) is 0 Å². The Balaban J connectivity index is 1.66. The number of hydrogen-bond acceptors (Lipinski definition) is 7. The number of para-hydroxylation sites is 1. The average molecular weight is 434 g/mol. The van der Waals surface area contributed by atoms with Crippen LogP contribution in [-0.2, 0) is 4.79 Å². The van der Waals surface area contributed by atoms with E-state index < -0.39 is 4.92 Å². The molecule has 3 aromatic carbocycles. The molecule has 0 heterocycles. The maximum Gasteiger partial charge on any atom is 0.269 e. The minimum absolute atomic E-state index is 0.00748.